The summed E-state index contributed by atoms with van der Waals surface area (Å²) in [5.74, 6) is 3.10. The van der Waals surface area contributed by atoms with E-state index in [4.69, 9.17) is 4.42 Å². The maximum atomic E-state index is 5.38. The van der Waals surface area contributed by atoms with Gasteiger partial charge >= 0.3 is 0 Å². The zero-order valence-electron chi connectivity index (χ0n) is 12.3. The van der Waals surface area contributed by atoms with Gasteiger partial charge in [-0.15, -0.1) is 11.8 Å². The van der Waals surface area contributed by atoms with Crippen LogP contribution in [0.1, 0.15) is 51.2 Å². The predicted molar refractivity (Wildman–Crippen MR) is 82.8 cm³/mol. The molecule has 19 heavy (non-hydrogen) atoms. The van der Waals surface area contributed by atoms with E-state index in [9.17, 15) is 0 Å². The maximum Gasteiger partial charge on any atom is 0.114 e. The van der Waals surface area contributed by atoms with Crippen LogP contribution in [-0.4, -0.2) is 18.3 Å². The van der Waals surface area contributed by atoms with E-state index in [1.54, 1.807) is 6.26 Å². The van der Waals surface area contributed by atoms with Gasteiger partial charge in [-0.2, -0.15) is 0 Å². The Kier molecular flexibility index (Phi) is 6.32. The highest BCUT2D eigenvalue weighted by molar-refractivity contribution is 7.99. The lowest BCUT2D eigenvalue weighted by atomic mass is 9.84. The lowest BCUT2D eigenvalue weighted by Crippen LogP contribution is -2.39. The minimum atomic E-state index is 0.666. The molecule has 108 valence electrons. The van der Waals surface area contributed by atoms with Gasteiger partial charge in [0.2, 0.25) is 0 Å². The van der Waals surface area contributed by atoms with Gasteiger partial charge in [0.15, 0.2) is 0 Å². The quantitative estimate of drug-likeness (QED) is 0.738. The molecule has 1 aliphatic carbocycles. The number of thioether (sulfide) groups is 1. The standard InChI is InChI=1S/C16H27NOS/c1-3-10-17-15(14-7-5-4-6-8-14)12-19-16-9-11-18-13(16)2/h9,11,14-15,17H,3-8,10,12H2,1-2H3. The van der Waals surface area contributed by atoms with E-state index >= 15 is 0 Å². The number of hydrogen-bond donors (Lipinski definition) is 1. The molecule has 1 atom stereocenters. The Bertz CT molecular complexity index is 357. The summed E-state index contributed by atoms with van der Waals surface area (Å²) in [6.07, 6.45) is 10.1. The number of aryl methyl sites for hydroxylation is 1. The molecular formula is C16H27NOS. The molecule has 2 rings (SSSR count). The van der Waals surface area contributed by atoms with E-state index in [2.05, 4.69) is 25.2 Å². The summed E-state index contributed by atoms with van der Waals surface area (Å²) < 4.78 is 5.38. The number of nitrogens with one attached hydrogen (secondary N) is 1. The monoisotopic (exact) mass is 281 g/mol. The molecule has 0 aromatic carbocycles. The molecule has 1 heterocycles. The molecular weight excluding hydrogens is 254 g/mol. The lowest BCUT2D eigenvalue weighted by molar-refractivity contribution is 0.285. The fourth-order valence-electron chi connectivity index (χ4n) is 2.93. The van der Waals surface area contributed by atoms with Crippen LogP contribution < -0.4 is 5.32 Å². The van der Waals surface area contributed by atoms with E-state index in [1.807, 2.05) is 11.8 Å². The molecule has 1 N–H and O–H groups in total. The van der Waals surface area contributed by atoms with E-state index in [0.29, 0.717) is 6.04 Å². The van der Waals surface area contributed by atoms with Crippen LogP contribution >= 0.6 is 11.8 Å². The first-order chi connectivity index (χ1) is 9.31. The smallest absolute Gasteiger partial charge is 0.114 e. The average Bonchev–Trinajstić information content (AvgIpc) is 2.85. The van der Waals surface area contributed by atoms with Gasteiger partial charge in [-0.05, 0) is 44.7 Å². The fraction of sp³-hybridized carbons (Fsp3) is 0.750. The van der Waals surface area contributed by atoms with Gasteiger partial charge in [-0.1, -0.05) is 26.2 Å². The first-order valence-corrected chi connectivity index (χ1v) is 8.70. The summed E-state index contributed by atoms with van der Waals surface area (Å²) in [6.45, 7) is 5.45. The van der Waals surface area contributed by atoms with Gasteiger partial charge in [-0.25, -0.2) is 0 Å². The second-order valence-electron chi connectivity index (χ2n) is 5.61. The Labute approximate surface area is 121 Å². The molecule has 0 radical (unpaired) electrons. The first kappa shape index (κ1) is 15.0. The second-order valence-corrected chi connectivity index (χ2v) is 6.67. The molecule has 2 nitrogen and oxygen atoms in total. The number of furan rings is 1. The van der Waals surface area contributed by atoms with Crippen molar-refractivity contribution in [2.24, 2.45) is 5.92 Å². The van der Waals surface area contributed by atoms with Crippen LogP contribution in [0.4, 0.5) is 0 Å². The third-order valence-corrected chi connectivity index (χ3v) is 5.37. The van der Waals surface area contributed by atoms with E-state index in [-0.39, 0.29) is 0 Å². The van der Waals surface area contributed by atoms with Crippen LogP contribution in [0.15, 0.2) is 21.6 Å². The molecule has 0 bridgehead atoms. The third kappa shape index (κ3) is 4.57. The minimum Gasteiger partial charge on any atom is -0.468 e. The molecule has 0 spiro atoms. The summed E-state index contributed by atoms with van der Waals surface area (Å²) in [5, 5.41) is 3.77. The predicted octanol–water partition coefficient (Wildman–Crippen LogP) is 4.63. The normalized spacial score (nSPS) is 18.6. The molecule has 1 unspecified atom stereocenters. The fourth-order valence-corrected chi connectivity index (χ4v) is 4.08. The van der Waals surface area contributed by atoms with Gasteiger partial charge in [0.25, 0.3) is 0 Å². The SMILES string of the molecule is CCCNC(CSc1ccoc1C)C1CCCCC1. The summed E-state index contributed by atoms with van der Waals surface area (Å²) >= 11 is 1.95. The van der Waals surface area contributed by atoms with Crippen molar-refractivity contribution in [1.82, 2.24) is 5.32 Å². The summed E-state index contributed by atoms with van der Waals surface area (Å²) in [6, 6.07) is 2.76. The summed E-state index contributed by atoms with van der Waals surface area (Å²) in [7, 11) is 0. The molecule has 0 amide bonds. The van der Waals surface area contributed by atoms with E-state index < -0.39 is 0 Å². The van der Waals surface area contributed by atoms with Crippen molar-refractivity contribution in [1.29, 1.82) is 0 Å². The van der Waals surface area contributed by atoms with Gasteiger partial charge in [0, 0.05) is 16.7 Å². The van der Waals surface area contributed by atoms with Crippen molar-refractivity contribution in [3.63, 3.8) is 0 Å². The van der Waals surface area contributed by atoms with E-state index in [1.165, 1.54) is 49.2 Å². The van der Waals surface area contributed by atoms with Crippen LogP contribution in [-0.2, 0) is 0 Å². The molecule has 1 aromatic heterocycles. The topological polar surface area (TPSA) is 25.2 Å². The maximum absolute atomic E-state index is 5.38. The number of rotatable bonds is 7. The second kappa shape index (κ2) is 8.01. The van der Waals surface area contributed by atoms with Crippen LogP contribution in [0.5, 0.6) is 0 Å². The minimum absolute atomic E-state index is 0.666. The largest absolute Gasteiger partial charge is 0.468 e. The Balaban J connectivity index is 1.87. The Morgan fingerprint density at radius 3 is 2.79 bits per heavy atom. The highest BCUT2D eigenvalue weighted by atomic mass is 32.2. The zero-order valence-corrected chi connectivity index (χ0v) is 13.1. The molecule has 1 fully saturated rings. The molecule has 1 aliphatic rings. The summed E-state index contributed by atoms with van der Waals surface area (Å²) in [4.78, 5) is 1.30. The molecule has 0 saturated heterocycles. The van der Waals surface area contributed by atoms with Crippen molar-refractivity contribution < 1.29 is 4.42 Å². The first-order valence-electron chi connectivity index (χ1n) is 7.71. The highest BCUT2D eigenvalue weighted by Gasteiger charge is 2.23. The molecule has 1 aromatic rings. The van der Waals surface area contributed by atoms with Crippen LogP contribution in [0.3, 0.4) is 0 Å². The Morgan fingerprint density at radius 2 is 2.16 bits per heavy atom. The third-order valence-electron chi connectivity index (χ3n) is 4.11. The van der Waals surface area contributed by atoms with Crippen LogP contribution in [0.2, 0.25) is 0 Å². The van der Waals surface area contributed by atoms with Gasteiger partial charge < -0.3 is 9.73 Å². The number of hydrogen-bond acceptors (Lipinski definition) is 3. The molecule has 1 saturated carbocycles. The van der Waals surface area contributed by atoms with Crippen molar-refractivity contribution >= 4 is 11.8 Å². The van der Waals surface area contributed by atoms with Crippen molar-refractivity contribution in [2.75, 3.05) is 12.3 Å². The van der Waals surface area contributed by atoms with Crippen LogP contribution in [0.25, 0.3) is 0 Å². The van der Waals surface area contributed by atoms with Crippen molar-refractivity contribution in [3.8, 4) is 0 Å². The van der Waals surface area contributed by atoms with Crippen molar-refractivity contribution in [3.05, 3.63) is 18.1 Å². The lowest BCUT2D eigenvalue weighted by Gasteiger charge is -2.31. The van der Waals surface area contributed by atoms with Crippen molar-refractivity contribution in [2.45, 2.75) is 63.3 Å². The Morgan fingerprint density at radius 1 is 1.37 bits per heavy atom. The van der Waals surface area contributed by atoms with Gasteiger partial charge in [0.1, 0.15) is 5.76 Å². The average molecular weight is 281 g/mol. The Hall–Kier alpha value is -0.410. The summed E-state index contributed by atoms with van der Waals surface area (Å²) in [5.41, 5.74) is 0. The zero-order chi connectivity index (χ0) is 13.5. The van der Waals surface area contributed by atoms with Gasteiger partial charge in [-0.3, -0.25) is 0 Å². The highest BCUT2D eigenvalue weighted by Crippen LogP contribution is 2.31. The van der Waals surface area contributed by atoms with Crippen LogP contribution in [0, 0.1) is 12.8 Å². The van der Waals surface area contributed by atoms with Gasteiger partial charge in [0.05, 0.1) is 6.26 Å². The van der Waals surface area contributed by atoms with E-state index in [0.717, 1.165) is 18.2 Å². The molecule has 3 heteroatoms. The molecule has 0 aliphatic heterocycles.